The number of hydrogen-bond acceptors (Lipinski definition) is 6. The van der Waals surface area contributed by atoms with Gasteiger partial charge in [0.15, 0.2) is 6.10 Å². The molecule has 0 aliphatic rings. The molecule has 0 saturated heterocycles. The maximum absolute atomic E-state index is 11.1. The highest BCUT2D eigenvalue weighted by Crippen LogP contribution is 2.29. The number of rotatable bonds is 4. The Morgan fingerprint density at radius 2 is 2.29 bits per heavy atom. The van der Waals surface area contributed by atoms with Gasteiger partial charge in [0.2, 0.25) is 5.75 Å². The number of carbonyl (C=O) groups is 1. The van der Waals surface area contributed by atoms with Crippen molar-refractivity contribution in [2.24, 2.45) is 0 Å². The zero-order chi connectivity index (χ0) is 13.0. The maximum Gasteiger partial charge on any atom is 0.346 e. The molecule has 0 spiro atoms. The summed E-state index contributed by atoms with van der Waals surface area (Å²) in [5.41, 5.74) is -0.316. The van der Waals surface area contributed by atoms with E-state index in [9.17, 15) is 14.9 Å². The molecule has 0 N–H and O–H groups in total. The van der Waals surface area contributed by atoms with Gasteiger partial charge < -0.3 is 9.47 Å². The van der Waals surface area contributed by atoms with Crippen LogP contribution in [0.3, 0.4) is 0 Å². The summed E-state index contributed by atoms with van der Waals surface area (Å²) in [5, 5.41) is 10.7. The number of aromatic nitrogens is 1. The number of methoxy groups -OCH3 is 1. The quantitative estimate of drug-likeness (QED) is 0.364. The molecule has 0 aliphatic carbocycles. The molecular formula is C9H9BrN2O5. The third-order valence-corrected chi connectivity index (χ3v) is 2.28. The summed E-state index contributed by atoms with van der Waals surface area (Å²) in [7, 11) is 1.21. The fraction of sp³-hybridized carbons (Fsp3) is 0.333. The first kappa shape index (κ1) is 13.4. The number of hydrogen-bond donors (Lipinski definition) is 0. The molecule has 1 aromatic rings. The molecule has 92 valence electrons. The second-order valence-corrected chi connectivity index (χ2v) is 3.83. The standard InChI is InChI=1S/C9H9BrN2O5/c1-5(9(13)16-2)17-7-3-8(10)11-4-6(7)12(14)15/h3-5H,1-2H3/t5-/m1/s1. The minimum Gasteiger partial charge on any atom is -0.472 e. The topological polar surface area (TPSA) is 91.6 Å². The van der Waals surface area contributed by atoms with E-state index in [2.05, 4.69) is 25.7 Å². The molecule has 8 heteroatoms. The largest absolute Gasteiger partial charge is 0.472 e. The predicted molar refractivity (Wildman–Crippen MR) is 60.7 cm³/mol. The van der Waals surface area contributed by atoms with Crippen LogP contribution in [0.5, 0.6) is 5.75 Å². The molecule has 17 heavy (non-hydrogen) atoms. The molecular weight excluding hydrogens is 296 g/mol. The number of ether oxygens (including phenoxy) is 2. The van der Waals surface area contributed by atoms with Gasteiger partial charge in [0, 0.05) is 6.07 Å². The van der Waals surface area contributed by atoms with Gasteiger partial charge in [0.05, 0.1) is 12.0 Å². The first-order valence-corrected chi connectivity index (χ1v) is 5.29. The van der Waals surface area contributed by atoms with Gasteiger partial charge in [-0.2, -0.15) is 0 Å². The Morgan fingerprint density at radius 3 is 2.82 bits per heavy atom. The van der Waals surface area contributed by atoms with E-state index in [4.69, 9.17) is 4.74 Å². The predicted octanol–water partition coefficient (Wildman–Crippen LogP) is 1.69. The van der Waals surface area contributed by atoms with E-state index in [1.165, 1.54) is 20.1 Å². The van der Waals surface area contributed by atoms with E-state index in [-0.39, 0.29) is 11.4 Å². The third-order valence-electron chi connectivity index (χ3n) is 1.85. The van der Waals surface area contributed by atoms with Gasteiger partial charge in [0.1, 0.15) is 10.8 Å². The highest BCUT2D eigenvalue weighted by atomic mass is 79.9. The average Bonchev–Trinajstić information content (AvgIpc) is 2.27. The summed E-state index contributed by atoms with van der Waals surface area (Å²) in [6.45, 7) is 1.43. The first-order chi connectivity index (χ1) is 7.95. The van der Waals surface area contributed by atoms with Crippen LogP contribution in [-0.4, -0.2) is 29.1 Å². The fourth-order valence-electron chi connectivity index (χ4n) is 1.04. The Balaban J connectivity index is 3.00. The van der Waals surface area contributed by atoms with Gasteiger partial charge in [-0.15, -0.1) is 0 Å². The lowest BCUT2D eigenvalue weighted by molar-refractivity contribution is -0.386. The van der Waals surface area contributed by atoms with Crippen LogP contribution in [0, 0.1) is 10.1 Å². The molecule has 0 unspecified atom stereocenters. The molecule has 0 fully saturated rings. The molecule has 0 aromatic carbocycles. The normalized spacial score (nSPS) is 11.7. The van der Waals surface area contributed by atoms with Crippen molar-refractivity contribution in [1.82, 2.24) is 4.98 Å². The van der Waals surface area contributed by atoms with Crippen LogP contribution < -0.4 is 4.74 Å². The monoisotopic (exact) mass is 304 g/mol. The molecule has 0 radical (unpaired) electrons. The Hall–Kier alpha value is -1.70. The zero-order valence-corrected chi connectivity index (χ0v) is 10.6. The Bertz CT molecular complexity index is 451. The second-order valence-electron chi connectivity index (χ2n) is 3.02. The molecule has 0 amide bonds. The minimum atomic E-state index is -0.937. The Labute approximate surface area is 105 Å². The van der Waals surface area contributed by atoms with Crippen LogP contribution in [0.1, 0.15) is 6.92 Å². The van der Waals surface area contributed by atoms with Crippen molar-refractivity contribution >= 4 is 27.6 Å². The van der Waals surface area contributed by atoms with Crippen LogP contribution in [0.15, 0.2) is 16.9 Å². The highest BCUT2D eigenvalue weighted by Gasteiger charge is 2.22. The molecule has 0 saturated carbocycles. The third kappa shape index (κ3) is 3.38. The number of halogens is 1. The number of carbonyl (C=O) groups excluding carboxylic acids is 1. The van der Waals surface area contributed by atoms with Crippen molar-refractivity contribution in [3.8, 4) is 5.75 Å². The zero-order valence-electron chi connectivity index (χ0n) is 9.05. The summed E-state index contributed by atoms with van der Waals surface area (Å²) in [6, 6.07) is 1.32. The van der Waals surface area contributed by atoms with E-state index in [1.54, 1.807) is 0 Å². The van der Waals surface area contributed by atoms with Crippen LogP contribution in [0.2, 0.25) is 0 Å². The summed E-state index contributed by atoms with van der Waals surface area (Å²) in [4.78, 5) is 24.9. The molecule has 7 nitrogen and oxygen atoms in total. The lowest BCUT2D eigenvalue weighted by Gasteiger charge is -2.12. The van der Waals surface area contributed by atoms with Crippen LogP contribution in [0.25, 0.3) is 0 Å². The van der Waals surface area contributed by atoms with E-state index < -0.39 is 17.0 Å². The number of pyridine rings is 1. The molecule has 1 aromatic heterocycles. The van der Waals surface area contributed by atoms with Gasteiger partial charge >= 0.3 is 11.7 Å². The summed E-state index contributed by atoms with van der Waals surface area (Å²) in [5.74, 6) is -0.665. The van der Waals surface area contributed by atoms with Gasteiger partial charge in [-0.1, -0.05) is 0 Å². The summed E-state index contributed by atoms with van der Waals surface area (Å²) < 4.78 is 9.98. The van der Waals surface area contributed by atoms with Crippen molar-refractivity contribution in [3.63, 3.8) is 0 Å². The number of nitrogens with zero attached hydrogens (tertiary/aromatic N) is 2. The van der Waals surface area contributed by atoms with Gasteiger partial charge in [0.25, 0.3) is 0 Å². The highest BCUT2D eigenvalue weighted by molar-refractivity contribution is 9.10. The van der Waals surface area contributed by atoms with E-state index >= 15 is 0 Å². The van der Waals surface area contributed by atoms with Crippen molar-refractivity contribution in [2.75, 3.05) is 7.11 Å². The molecule has 0 aliphatic heterocycles. The van der Waals surface area contributed by atoms with Crippen LogP contribution in [0.4, 0.5) is 5.69 Å². The smallest absolute Gasteiger partial charge is 0.346 e. The van der Waals surface area contributed by atoms with Crippen molar-refractivity contribution in [2.45, 2.75) is 13.0 Å². The number of esters is 1. The lowest BCUT2D eigenvalue weighted by atomic mass is 10.3. The van der Waals surface area contributed by atoms with Gasteiger partial charge in [-0.05, 0) is 22.9 Å². The lowest BCUT2D eigenvalue weighted by Crippen LogP contribution is -2.25. The molecule has 1 heterocycles. The van der Waals surface area contributed by atoms with Gasteiger partial charge in [-0.25, -0.2) is 9.78 Å². The van der Waals surface area contributed by atoms with E-state index in [1.807, 2.05) is 0 Å². The van der Waals surface area contributed by atoms with Crippen LogP contribution >= 0.6 is 15.9 Å². The molecule has 0 bridgehead atoms. The molecule has 1 atom stereocenters. The summed E-state index contributed by atoms with van der Waals surface area (Å²) >= 11 is 3.06. The Morgan fingerprint density at radius 1 is 1.65 bits per heavy atom. The fourth-order valence-corrected chi connectivity index (χ4v) is 1.35. The summed E-state index contributed by atoms with van der Waals surface area (Å²) in [6.07, 6.45) is 0.108. The average molecular weight is 305 g/mol. The van der Waals surface area contributed by atoms with Crippen molar-refractivity contribution < 1.29 is 19.2 Å². The van der Waals surface area contributed by atoms with Crippen molar-refractivity contribution in [3.05, 3.63) is 27.0 Å². The maximum atomic E-state index is 11.1. The number of nitro groups is 1. The minimum absolute atomic E-state index is 0.0465. The van der Waals surface area contributed by atoms with Gasteiger partial charge in [-0.3, -0.25) is 10.1 Å². The van der Waals surface area contributed by atoms with Crippen LogP contribution in [-0.2, 0) is 9.53 Å². The first-order valence-electron chi connectivity index (χ1n) is 4.50. The van der Waals surface area contributed by atoms with Crippen molar-refractivity contribution in [1.29, 1.82) is 0 Å². The second kappa shape index (κ2) is 5.58. The van der Waals surface area contributed by atoms with E-state index in [0.29, 0.717) is 4.60 Å². The SMILES string of the molecule is COC(=O)[C@@H](C)Oc1cc(Br)ncc1[N+](=O)[O-]. The Kier molecular flexibility index (Phi) is 4.38. The molecule has 1 rings (SSSR count). The van der Waals surface area contributed by atoms with E-state index in [0.717, 1.165) is 6.20 Å².